The van der Waals surface area contributed by atoms with Crippen LogP contribution in [0.2, 0.25) is 5.02 Å². The highest BCUT2D eigenvalue weighted by atomic mass is 35.5. The molecule has 0 bridgehead atoms. The summed E-state index contributed by atoms with van der Waals surface area (Å²) in [6, 6.07) is 6.15. The first-order valence-electron chi connectivity index (χ1n) is 5.96. The molecule has 1 aliphatic carbocycles. The highest BCUT2D eigenvalue weighted by Crippen LogP contribution is 2.29. The number of nitrogens with one attached hydrogen (secondary N) is 1. The molecular formula is C13H19ClN2. The zero-order valence-electron chi connectivity index (χ0n) is 9.67. The fourth-order valence-electron chi connectivity index (χ4n) is 2.28. The Kier molecular flexibility index (Phi) is 3.59. The minimum absolute atomic E-state index is 0.553. The predicted molar refractivity (Wildman–Crippen MR) is 70.9 cm³/mol. The monoisotopic (exact) mass is 238 g/mol. The van der Waals surface area contributed by atoms with Gasteiger partial charge in [0.05, 0.1) is 11.4 Å². The van der Waals surface area contributed by atoms with Crippen molar-refractivity contribution in [2.24, 2.45) is 5.92 Å². The van der Waals surface area contributed by atoms with Gasteiger partial charge in [0.2, 0.25) is 0 Å². The molecule has 0 saturated heterocycles. The van der Waals surface area contributed by atoms with E-state index in [-0.39, 0.29) is 0 Å². The van der Waals surface area contributed by atoms with Crippen LogP contribution in [0.1, 0.15) is 32.6 Å². The Morgan fingerprint density at radius 1 is 1.25 bits per heavy atom. The summed E-state index contributed by atoms with van der Waals surface area (Å²) in [7, 11) is 0. The molecule has 1 fully saturated rings. The van der Waals surface area contributed by atoms with E-state index < -0.39 is 0 Å². The van der Waals surface area contributed by atoms with E-state index in [0.717, 1.165) is 22.3 Å². The van der Waals surface area contributed by atoms with Gasteiger partial charge >= 0.3 is 0 Å². The number of nitrogen functional groups attached to an aromatic ring is 1. The smallest absolute Gasteiger partial charge is 0.0590 e. The van der Waals surface area contributed by atoms with Gasteiger partial charge in [-0.05, 0) is 49.8 Å². The van der Waals surface area contributed by atoms with Crippen molar-refractivity contribution in [2.75, 3.05) is 11.1 Å². The zero-order chi connectivity index (χ0) is 11.5. The lowest BCUT2D eigenvalue weighted by Gasteiger charge is -2.28. The summed E-state index contributed by atoms with van der Waals surface area (Å²) < 4.78 is 0. The van der Waals surface area contributed by atoms with E-state index in [0.29, 0.717) is 6.04 Å². The molecule has 3 N–H and O–H groups in total. The van der Waals surface area contributed by atoms with Gasteiger partial charge in [-0.3, -0.25) is 0 Å². The predicted octanol–water partition coefficient (Wildman–Crippen LogP) is 3.91. The molecule has 0 atom stereocenters. The molecule has 88 valence electrons. The molecule has 1 aromatic carbocycles. The third-order valence-electron chi connectivity index (χ3n) is 3.39. The van der Waals surface area contributed by atoms with Crippen molar-refractivity contribution in [3.05, 3.63) is 23.2 Å². The van der Waals surface area contributed by atoms with Gasteiger partial charge in [0.1, 0.15) is 0 Å². The van der Waals surface area contributed by atoms with Crippen LogP contribution in [0.3, 0.4) is 0 Å². The third kappa shape index (κ3) is 2.82. The molecule has 2 rings (SSSR count). The molecule has 3 heteroatoms. The molecule has 1 aliphatic rings. The standard InChI is InChI=1S/C13H19ClN2/c1-9-2-5-11(6-3-9)16-13-8-10(14)4-7-12(13)15/h4,7-9,11,16H,2-3,5-6,15H2,1H3. The summed E-state index contributed by atoms with van der Waals surface area (Å²) in [6.07, 6.45) is 5.07. The van der Waals surface area contributed by atoms with Crippen molar-refractivity contribution < 1.29 is 0 Å². The van der Waals surface area contributed by atoms with Gasteiger partial charge in [0.15, 0.2) is 0 Å². The second-order valence-corrected chi connectivity index (χ2v) is 5.27. The van der Waals surface area contributed by atoms with E-state index in [4.69, 9.17) is 17.3 Å². The SMILES string of the molecule is CC1CCC(Nc2cc(Cl)ccc2N)CC1. The molecule has 2 nitrogen and oxygen atoms in total. The maximum Gasteiger partial charge on any atom is 0.0590 e. The van der Waals surface area contributed by atoms with Gasteiger partial charge in [-0.25, -0.2) is 0 Å². The summed E-state index contributed by atoms with van der Waals surface area (Å²) in [4.78, 5) is 0. The Morgan fingerprint density at radius 3 is 2.62 bits per heavy atom. The van der Waals surface area contributed by atoms with E-state index in [1.807, 2.05) is 18.2 Å². The quantitative estimate of drug-likeness (QED) is 0.767. The average Bonchev–Trinajstić information content (AvgIpc) is 2.27. The highest BCUT2D eigenvalue weighted by Gasteiger charge is 2.18. The van der Waals surface area contributed by atoms with E-state index in [1.54, 1.807) is 0 Å². The molecule has 0 amide bonds. The summed E-state index contributed by atoms with van der Waals surface area (Å²) in [5, 5.41) is 4.24. The molecule has 0 unspecified atom stereocenters. The summed E-state index contributed by atoms with van der Waals surface area (Å²) in [6.45, 7) is 2.32. The van der Waals surface area contributed by atoms with Crippen LogP contribution in [0, 0.1) is 5.92 Å². The first-order valence-corrected chi connectivity index (χ1v) is 6.34. The Balaban J connectivity index is 2.00. The van der Waals surface area contributed by atoms with Gasteiger partial charge in [0, 0.05) is 11.1 Å². The van der Waals surface area contributed by atoms with Crippen LogP contribution < -0.4 is 11.1 Å². The summed E-state index contributed by atoms with van der Waals surface area (Å²) >= 11 is 5.96. The van der Waals surface area contributed by atoms with Crippen molar-refractivity contribution in [1.82, 2.24) is 0 Å². The van der Waals surface area contributed by atoms with Crippen molar-refractivity contribution in [3.8, 4) is 0 Å². The van der Waals surface area contributed by atoms with Gasteiger partial charge in [0.25, 0.3) is 0 Å². The van der Waals surface area contributed by atoms with Crippen LogP contribution in [0.5, 0.6) is 0 Å². The molecular weight excluding hydrogens is 220 g/mol. The molecule has 1 saturated carbocycles. The Morgan fingerprint density at radius 2 is 1.94 bits per heavy atom. The number of benzene rings is 1. The Bertz CT molecular complexity index is 357. The van der Waals surface area contributed by atoms with Crippen LogP contribution in [0.25, 0.3) is 0 Å². The van der Waals surface area contributed by atoms with Gasteiger partial charge in [-0.15, -0.1) is 0 Å². The van der Waals surface area contributed by atoms with Gasteiger partial charge < -0.3 is 11.1 Å². The molecule has 0 aliphatic heterocycles. The van der Waals surface area contributed by atoms with Gasteiger partial charge in [-0.2, -0.15) is 0 Å². The molecule has 16 heavy (non-hydrogen) atoms. The molecule has 0 aromatic heterocycles. The van der Waals surface area contributed by atoms with E-state index in [9.17, 15) is 0 Å². The van der Waals surface area contributed by atoms with Crippen molar-refractivity contribution >= 4 is 23.0 Å². The van der Waals surface area contributed by atoms with Crippen molar-refractivity contribution in [3.63, 3.8) is 0 Å². The zero-order valence-corrected chi connectivity index (χ0v) is 10.4. The normalized spacial score (nSPS) is 25.4. The van der Waals surface area contributed by atoms with Gasteiger partial charge in [-0.1, -0.05) is 18.5 Å². The van der Waals surface area contributed by atoms with Crippen molar-refractivity contribution in [2.45, 2.75) is 38.6 Å². The minimum atomic E-state index is 0.553. The number of hydrogen-bond acceptors (Lipinski definition) is 2. The van der Waals surface area contributed by atoms with E-state index >= 15 is 0 Å². The minimum Gasteiger partial charge on any atom is -0.397 e. The Hall–Kier alpha value is -0.890. The maximum absolute atomic E-state index is 5.96. The number of rotatable bonds is 2. The third-order valence-corrected chi connectivity index (χ3v) is 3.63. The first kappa shape index (κ1) is 11.6. The molecule has 0 heterocycles. The summed E-state index contributed by atoms with van der Waals surface area (Å²) in [5.41, 5.74) is 7.67. The number of hydrogen-bond donors (Lipinski definition) is 2. The fourth-order valence-corrected chi connectivity index (χ4v) is 2.45. The number of nitrogens with two attached hydrogens (primary N) is 1. The van der Waals surface area contributed by atoms with Crippen LogP contribution in [-0.2, 0) is 0 Å². The van der Waals surface area contributed by atoms with Crippen LogP contribution in [0.4, 0.5) is 11.4 Å². The lowest BCUT2D eigenvalue weighted by atomic mass is 9.87. The second kappa shape index (κ2) is 4.96. The Labute approximate surface area is 102 Å². The first-order chi connectivity index (χ1) is 7.65. The lowest BCUT2D eigenvalue weighted by Crippen LogP contribution is -2.25. The van der Waals surface area contributed by atoms with Crippen LogP contribution >= 0.6 is 11.6 Å². The molecule has 0 spiro atoms. The summed E-state index contributed by atoms with van der Waals surface area (Å²) in [5.74, 6) is 0.870. The number of halogens is 1. The lowest BCUT2D eigenvalue weighted by molar-refractivity contribution is 0.361. The second-order valence-electron chi connectivity index (χ2n) is 4.83. The molecule has 1 aromatic rings. The average molecular weight is 239 g/mol. The van der Waals surface area contributed by atoms with Crippen molar-refractivity contribution in [1.29, 1.82) is 0 Å². The largest absolute Gasteiger partial charge is 0.397 e. The highest BCUT2D eigenvalue weighted by molar-refractivity contribution is 6.31. The van der Waals surface area contributed by atoms with Crippen LogP contribution in [-0.4, -0.2) is 6.04 Å². The molecule has 0 radical (unpaired) electrons. The van der Waals surface area contributed by atoms with E-state index in [2.05, 4.69) is 12.2 Å². The van der Waals surface area contributed by atoms with E-state index in [1.165, 1.54) is 25.7 Å². The fraction of sp³-hybridized carbons (Fsp3) is 0.538. The topological polar surface area (TPSA) is 38.0 Å². The maximum atomic E-state index is 5.96. The van der Waals surface area contributed by atoms with Crippen LogP contribution in [0.15, 0.2) is 18.2 Å². The number of anilines is 2.